The van der Waals surface area contributed by atoms with E-state index in [4.69, 9.17) is 4.42 Å². The van der Waals surface area contributed by atoms with E-state index in [-0.39, 0.29) is 5.76 Å². The van der Waals surface area contributed by atoms with Gasteiger partial charge in [0.05, 0.1) is 5.69 Å². The third kappa shape index (κ3) is 12.4. The first-order valence-corrected chi connectivity index (χ1v) is 10.5. The van der Waals surface area contributed by atoms with E-state index in [2.05, 4.69) is 11.9 Å². The summed E-state index contributed by atoms with van der Waals surface area (Å²) in [6.07, 6.45) is 24.7. The molecule has 0 saturated heterocycles. The molecule has 0 aliphatic heterocycles. The van der Waals surface area contributed by atoms with Crippen LogP contribution in [0.1, 0.15) is 115 Å². The van der Waals surface area contributed by atoms with Crippen molar-refractivity contribution in [1.29, 1.82) is 0 Å². The highest BCUT2D eigenvalue weighted by atomic mass is 16.4. The average molecular weight is 338 g/mol. The fraction of sp³-hybridized carbons (Fsp3) is 0.857. The number of aromatic amines is 1. The molecule has 0 aliphatic carbocycles. The molecule has 0 fully saturated rings. The zero-order chi connectivity index (χ0) is 17.3. The van der Waals surface area contributed by atoms with Crippen molar-refractivity contribution in [3.63, 3.8) is 0 Å². The van der Waals surface area contributed by atoms with Gasteiger partial charge in [-0.25, -0.2) is 4.79 Å². The summed E-state index contributed by atoms with van der Waals surface area (Å²) in [4.78, 5) is 13.5. The minimum absolute atomic E-state index is 0.332. The molecule has 1 N–H and O–H groups in total. The maximum Gasteiger partial charge on any atom is 0.416 e. The molecule has 1 aromatic rings. The lowest BCUT2D eigenvalue weighted by molar-refractivity contribution is 0.514. The van der Waals surface area contributed by atoms with Crippen LogP contribution >= 0.6 is 0 Å². The number of rotatable bonds is 17. The van der Waals surface area contributed by atoms with Crippen molar-refractivity contribution < 1.29 is 4.42 Å². The second-order valence-corrected chi connectivity index (χ2v) is 7.23. The molecule has 140 valence electrons. The van der Waals surface area contributed by atoms with Crippen LogP contribution < -0.4 is 5.76 Å². The molecule has 0 aliphatic rings. The Balaban J connectivity index is 1.71. The Morgan fingerprint density at radius 3 is 1.50 bits per heavy atom. The Morgan fingerprint density at radius 1 is 0.708 bits per heavy atom. The molecule has 0 spiro atoms. The van der Waals surface area contributed by atoms with Crippen LogP contribution in [0.25, 0.3) is 0 Å². The van der Waals surface area contributed by atoms with Crippen LogP contribution in [0.5, 0.6) is 0 Å². The fourth-order valence-electron chi connectivity index (χ4n) is 3.30. The lowest BCUT2D eigenvalue weighted by Gasteiger charge is -2.03. The lowest BCUT2D eigenvalue weighted by atomic mass is 10.0. The maximum atomic E-state index is 10.8. The van der Waals surface area contributed by atoms with Crippen LogP contribution in [0.15, 0.2) is 15.5 Å². The van der Waals surface area contributed by atoms with Gasteiger partial charge in [-0.15, -0.1) is 0 Å². The number of nitrogens with one attached hydrogen (secondary N) is 1. The predicted octanol–water partition coefficient (Wildman–Crippen LogP) is 6.77. The van der Waals surface area contributed by atoms with Gasteiger partial charge >= 0.3 is 5.76 Å². The monoisotopic (exact) mass is 337 g/mol. The zero-order valence-corrected chi connectivity index (χ0v) is 15.9. The molecule has 3 heteroatoms. The van der Waals surface area contributed by atoms with Gasteiger partial charge < -0.3 is 4.42 Å². The topological polar surface area (TPSA) is 46.0 Å². The van der Waals surface area contributed by atoms with E-state index < -0.39 is 0 Å². The number of unbranched alkanes of at least 4 members (excludes halogenated alkanes) is 15. The minimum atomic E-state index is -0.332. The Morgan fingerprint density at radius 2 is 1.12 bits per heavy atom. The Kier molecular flexibility index (Phi) is 13.6. The van der Waals surface area contributed by atoms with Crippen molar-refractivity contribution in [1.82, 2.24) is 4.98 Å². The van der Waals surface area contributed by atoms with Gasteiger partial charge in [0.1, 0.15) is 6.26 Å². The van der Waals surface area contributed by atoms with Gasteiger partial charge in [0.25, 0.3) is 0 Å². The molecule has 24 heavy (non-hydrogen) atoms. The summed E-state index contributed by atoms with van der Waals surface area (Å²) in [5.41, 5.74) is 0.936. The second kappa shape index (κ2) is 15.5. The van der Waals surface area contributed by atoms with Crippen LogP contribution in [-0.2, 0) is 6.42 Å². The van der Waals surface area contributed by atoms with Crippen LogP contribution in [0.2, 0.25) is 0 Å². The van der Waals surface area contributed by atoms with Crippen molar-refractivity contribution in [2.45, 2.75) is 116 Å². The first-order chi connectivity index (χ1) is 11.8. The summed E-state index contributed by atoms with van der Waals surface area (Å²) in [7, 11) is 0. The number of hydrogen-bond donors (Lipinski definition) is 1. The number of aromatic nitrogens is 1. The number of H-pyrrole nitrogens is 1. The van der Waals surface area contributed by atoms with E-state index in [0.29, 0.717) is 0 Å². The minimum Gasteiger partial charge on any atom is -0.416 e. The number of hydrogen-bond acceptors (Lipinski definition) is 2. The van der Waals surface area contributed by atoms with Crippen LogP contribution in [0, 0.1) is 0 Å². The standard InChI is InChI=1S/C21H39NO2/c1-2-3-4-5-6-7-8-9-10-11-12-13-14-15-16-17-18-20-19-24-21(23)22-20/h19H,2-18H2,1H3,(H,22,23). The molecule has 0 radical (unpaired) electrons. The molecule has 0 bridgehead atoms. The average Bonchev–Trinajstić information content (AvgIpc) is 3.00. The van der Waals surface area contributed by atoms with Gasteiger partial charge in [0, 0.05) is 0 Å². The van der Waals surface area contributed by atoms with E-state index in [0.717, 1.165) is 18.5 Å². The first kappa shape index (κ1) is 21.1. The molecule has 0 unspecified atom stereocenters. The van der Waals surface area contributed by atoms with Crippen LogP contribution in [0.4, 0.5) is 0 Å². The first-order valence-electron chi connectivity index (χ1n) is 10.5. The van der Waals surface area contributed by atoms with Gasteiger partial charge in [0.15, 0.2) is 0 Å². The Bertz CT molecular complexity index is 421. The van der Waals surface area contributed by atoms with Crippen molar-refractivity contribution >= 4 is 0 Å². The van der Waals surface area contributed by atoms with Gasteiger partial charge in [-0.2, -0.15) is 0 Å². The molecule has 1 heterocycles. The van der Waals surface area contributed by atoms with Crippen molar-refractivity contribution in [3.8, 4) is 0 Å². The maximum absolute atomic E-state index is 10.8. The molecule has 0 aromatic carbocycles. The van der Waals surface area contributed by atoms with Gasteiger partial charge in [-0.1, -0.05) is 103 Å². The van der Waals surface area contributed by atoms with Crippen LogP contribution in [0.3, 0.4) is 0 Å². The smallest absolute Gasteiger partial charge is 0.416 e. The van der Waals surface area contributed by atoms with Gasteiger partial charge in [0.2, 0.25) is 0 Å². The van der Waals surface area contributed by atoms with Crippen molar-refractivity contribution in [2.75, 3.05) is 0 Å². The molecule has 1 aromatic heterocycles. The lowest BCUT2D eigenvalue weighted by Crippen LogP contribution is -1.97. The van der Waals surface area contributed by atoms with E-state index in [9.17, 15) is 4.79 Å². The highest BCUT2D eigenvalue weighted by Gasteiger charge is 1.98. The van der Waals surface area contributed by atoms with Crippen molar-refractivity contribution in [2.24, 2.45) is 0 Å². The third-order valence-electron chi connectivity index (χ3n) is 4.87. The summed E-state index contributed by atoms with van der Waals surface area (Å²) >= 11 is 0. The van der Waals surface area contributed by atoms with Crippen LogP contribution in [-0.4, -0.2) is 4.98 Å². The number of oxazole rings is 1. The molecule has 3 nitrogen and oxygen atoms in total. The fourth-order valence-corrected chi connectivity index (χ4v) is 3.30. The molecule has 0 atom stereocenters. The summed E-state index contributed by atoms with van der Waals surface area (Å²) < 4.78 is 4.73. The normalized spacial score (nSPS) is 11.2. The molecule has 0 amide bonds. The Labute approximate surface area is 148 Å². The van der Waals surface area contributed by atoms with Gasteiger partial charge in [-0.05, 0) is 12.8 Å². The SMILES string of the molecule is CCCCCCCCCCCCCCCCCCc1coc(=O)[nH]1. The van der Waals surface area contributed by atoms with E-state index in [1.807, 2.05) is 0 Å². The quantitative estimate of drug-likeness (QED) is 0.319. The van der Waals surface area contributed by atoms with Gasteiger partial charge in [-0.3, -0.25) is 4.98 Å². The number of aryl methyl sites for hydroxylation is 1. The third-order valence-corrected chi connectivity index (χ3v) is 4.87. The van der Waals surface area contributed by atoms with Crippen molar-refractivity contribution in [3.05, 3.63) is 22.5 Å². The highest BCUT2D eigenvalue weighted by Crippen LogP contribution is 2.14. The molecule has 0 saturated carbocycles. The largest absolute Gasteiger partial charge is 0.416 e. The van der Waals surface area contributed by atoms with E-state index in [1.54, 1.807) is 6.26 Å². The molecular formula is C21H39NO2. The molecule has 1 rings (SSSR count). The van der Waals surface area contributed by atoms with E-state index >= 15 is 0 Å². The summed E-state index contributed by atoms with van der Waals surface area (Å²) in [5.74, 6) is -0.332. The summed E-state index contributed by atoms with van der Waals surface area (Å²) in [6.45, 7) is 2.28. The predicted molar refractivity (Wildman–Crippen MR) is 103 cm³/mol. The highest BCUT2D eigenvalue weighted by molar-refractivity contribution is 4.90. The summed E-state index contributed by atoms with van der Waals surface area (Å²) in [5, 5.41) is 0. The second-order valence-electron chi connectivity index (χ2n) is 7.23. The van der Waals surface area contributed by atoms with E-state index in [1.165, 1.54) is 96.3 Å². The molecular weight excluding hydrogens is 298 g/mol. The summed E-state index contributed by atoms with van der Waals surface area (Å²) in [6, 6.07) is 0. The Hall–Kier alpha value is -0.990. The zero-order valence-electron chi connectivity index (χ0n) is 15.9.